The van der Waals surface area contributed by atoms with E-state index >= 15 is 0 Å². The highest BCUT2D eigenvalue weighted by atomic mass is 35.5. The number of piperidine rings is 1. The zero-order chi connectivity index (χ0) is 19.6. The van der Waals surface area contributed by atoms with E-state index in [1.807, 2.05) is 6.07 Å². The van der Waals surface area contributed by atoms with Crippen molar-refractivity contribution in [1.29, 1.82) is 0 Å². The maximum atomic E-state index is 6.26. The maximum absolute atomic E-state index is 6.26. The summed E-state index contributed by atoms with van der Waals surface area (Å²) in [6.07, 6.45) is 11.3. The van der Waals surface area contributed by atoms with Gasteiger partial charge in [0.2, 0.25) is 0 Å². The number of anilines is 1. The van der Waals surface area contributed by atoms with Crippen LogP contribution in [0.15, 0.2) is 18.3 Å². The van der Waals surface area contributed by atoms with Gasteiger partial charge >= 0.3 is 0 Å². The van der Waals surface area contributed by atoms with Gasteiger partial charge in [-0.2, -0.15) is 0 Å². The summed E-state index contributed by atoms with van der Waals surface area (Å²) in [5, 5.41) is 4.11. The molecule has 1 aliphatic carbocycles. The van der Waals surface area contributed by atoms with E-state index in [0.29, 0.717) is 17.1 Å². The molecule has 27 heavy (non-hydrogen) atoms. The van der Waals surface area contributed by atoms with E-state index < -0.39 is 0 Å². The Hall–Kier alpha value is -1.29. The summed E-state index contributed by atoms with van der Waals surface area (Å²) in [5.74, 6) is 2.10. The van der Waals surface area contributed by atoms with Crippen LogP contribution in [0.25, 0.3) is 0 Å². The predicted octanol–water partition coefficient (Wildman–Crippen LogP) is 6.39. The van der Waals surface area contributed by atoms with Gasteiger partial charge in [0.1, 0.15) is 16.8 Å². The summed E-state index contributed by atoms with van der Waals surface area (Å²) in [4.78, 5) is 11.6. The number of nitrogens with one attached hydrogen (secondary N) is 1. The van der Waals surface area contributed by atoms with E-state index in [9.17, 15) is 0 Å². The monoisotopic (exact) mass is 392 g/mol. The van der Waals surface area contributed by atoms with Crippen molar-refractivity contribution < 1.29 is 0 Å². The minimum atomic E-state index is 0.339. The van der Waals surface area contributed by atoms with Crippen LogP contribution >= 0.6 is 11.6 Å². The van der Waals surface area contributed by atoms with E-state index in [0.717, 1.165) is 43.3 Å². The number of allylic oxidation sites excluding steroid dienone is 1. The molecule has 1 saturated carbocycles. The first-order chi connectivity index (χ1) is 13.0. The highest BCUT2D eigenvalue weighted by Gasteiger charge is 2.24. The van der Waals surface area contributed by atoms with Gasteiger partial charge in [-0.05, 0) is 32.6 Å². The topological polar surface area (TPSA) is 41.1 Å². The minimum Gasteiger partial charge on any atom is -0.375 e. The Morgan fingerprint density at radius 1 is 1.15 bits per heavy atom. The molecular formula is C22H37ClN4. The fourth-order valence-electron chi connectivity index (χ4n) is 3.68. The molecule has 2 aliphatic rings. The quantitative estimate of drug-likeness (QED) is 0.589. The first-order valence-corrected chi connectivity index (χ1v) is 11.1. The van der Waals surface area contributed by atoms with Crippen molar-refractivity contribution in [2.75, 3.05) is 18.4 Å². The lowest BCUT2D eigenvalue weighted by Gasteiger charge is -2.34. The lowest BCUT2D eigenvalue weighted by molar-refractivity contribution is 0.255. The minimum absolute atomic E-state index is 0.339. The Labute approximate surface area is 170 Å². The number of hydrogen-bond donors (Lipinski definition) is 1. The van der Waals surface area contributed by atoms with Crippen LogP contribution in [0.3, 0.4) is 0 Å². The summed E-state index contributed by atoms with van der Waals surface area (Å²) in [7, 11) is 0. The van der Waals surface area contributed by atoms with E-state index in [2.05, 4.69) is 42.6 Å². The molecule has 0 amide bonds. The van der Waals surface area contributed by atoms with Crippen LogP contribution in [-0.4, -0.2) is 34.0 Å². The number of aromatic nitrogens is 2. The van der Waals surface area contributed by atoms with Gasteiger partial charge in [-0.3, -0.25) is 0 Å². The van der Waals surface area contributed by atoms with Crippen molar-refractivity contribution in [3.63, 3.8) is 0 Å². The van der Waals surface area contributed by atoms with Crippen molar-refractivity contribution in [3.8, 4) is 0 Å². The summed E-state index contributed by atoms with van der Waals surface area (Å²) < 4.78 is 0. The van der Waals surface area contributed by atoms with E-state index in [1.165, 1.54) is 44.9 Å². The van der Waals surface area contributed by atoms with Crippen LogP contribution in [0.2, 0.25) is 5.15 Å². The Morgan fingerprint density at radius 2 is 1.85 bits per heavy atom. The van der Waals surface area contributed by atoms with E-state index in [1.54, 1.807) is 0 Å². The van der Waals surface area contributed by atoms with Gasteiger partial charge in [0, 0.05) is 36.8 Å². The lowest BCUT2D eigenvalue weighted by atomic mass is 9.95. The molecule has 0 aromatic carbocycles. The van der Waals surface area contributed by atoms with Crippen LogP contribution in [0, 0.1) is 0 Å². The second-order valence-corrected chi connectivity index (χ2v) is 8.32. The molecule has 4 nitrogen and oxygen atoms in total. The molecule has 2 fully saturated rings. The molecule has 0 bridgehead atoms. The molecule has 1 aromatic heterocycles. The average molecular weight is 393 g/mol. The van der Waals surface area contributed by atoms with Gasteiger partial charge in [-0.15, -0.1) is 0 Å². The summed E-state index contributed by atoms with van der Waals surface area (Å²) in [6.45, 7) is 12.5. The summed E-state index contributed by atoms with van der Waals surface area (Å²) >= 11 is 6.26. The van der Waals surface area contributed by atoms with Crippen LogP contribution in [0.1, 0.15) is 90.3 Å². The highest BCUT2D eigenvalue weighted by Crippen LogP contribution is 2.29. The summed E-state index contributed by atoms with van der Waals surface area (Å²) in [6, 6.07) is 2.39. The molecular weight excluding hydrogens is 356 g/mol. The number of likely N-dealkylation sites (tertiary alicyclic amines) is 1. The third-order valence-corrected chi connectivity index (χ3v) is 5.69. The van der Waals surface area contributed by atoms with Crippen LogP contribution in [0.5, 0.6) is 0 Å². The fraction of sp³-hybridized carbons (Fsp3) is 0.727. The Kier molecular flexibility index (Phi) is 9.40. The molecule has 0 radical (unpaired) electrons. The smallest absolute Gasteiger partial charge is 0.137 e. The van der Waals surface area contributed by atoms with E-state index in [-0.39, 0.29) is 0 Å². The Morgan fingerprint density at radius 3 is 2.48 bits per heavy atom. The molecule has 1 unspecified atom stereocenters. The molecule has 152 valence electrons. The predicted molar refractivity (Wildman–Crippen MR) is 116 cm³/mol. The van der Waals surface area contributed by atoms with Crippen LogP contribution < -0.4 is 5.32 Å². The van der Waals surface area contributed by atoms with Crippen molar-refractivity contribution in [2.24, 2.45) is 0 Å². The number of rotatable bonds is 5. The van der Waals surface area contributed by atoms with Crippen LogP contribution in [-0.2, 0) is 0 Å². The molecule has 2 heterocycles. The molecule has 1 atom stereocenters. The van der Waals surface area contributed by atoms with Gasteiger partial charge in [0.25, 0.3) is 0 Å². The van der Waals surface area contributed by atoms with Crippen molar-refractivity contribution >= 4 is 17.4 Å². The van der Waals surface area contributed by atoms with Gasteiger partial charge in [0.05, 0.1) is 0 Å². The first-order valence-electron chi connectivity index (χ1n) is 10.7. The highest BCUT2D eigenvalue weighted by molar-refractivity contribution is 6.29. The number of halogens is 1. The molecule has 3 rings (SSSR count). The molecule has 1 N–H and O–H groups in total. The van der Waals surface area contributed by atoms with Gasteiger partial charge in [-0.1, -0.05) is 64.1 Å². The molecule has 1 saturated heterocycles. The molecule has 1 aromatic rings. The Balaban J connectivity index is 0.000000596. The molecule has 5 heteroatoms. The average Bonchev–Trinajstić information content (AvgIpc) is 2.68. The van der Waals surface area contributed by atoms with Gasteiger partial charge in [-0.25, -0.2) is 9.97 Å². The first kappa shape index (κ1) is 22.0. The summed E-state index contributed by atoms with van der Waals surface area (Å²) in [5.41, 5.74) is 1.12. The zero-order valence-electron chi connectivity index (χ0n) is 17.4. The van der Waals surface area contributed by atoms with Gasteiger partial charge in [0.15, 0.2) is 0 Å². The normalized spacial score (nSPS) is 20.6. The van der Waals surface area contributed by atoms with Crippen molar-refractivity contribution in [2.45, 2.75) is 90.5 Å². The SMILES string of the molecule is C=C(C)N1CCCC(c2nc(Cl)cc(NC3CCCCC3)n2)C1.CCCC. The molecule has 1 aliphatic heterocycles. The number of unbranched alkanes of at least 4 members (excludes halogenated alkanes) is 1. The number of hydrogen-bond acceptors (Lipinski definition) is 4. The van der Waals surface area contributed by atoms with Crippen molar-refractivity contribution in [1.82, 2.24) is 14.9 Å². The second kappa shape index (κ2) is 11.5. The number of nitrogens with zero attached hydrogens (tertiary/aromatic N) is 3. The molecule has 0 spiro atoms. The lowest BCUT2D eigenvalue weighted by Crippen LogP contribution is -2.33. The fourth-order valence-corrected chi connectivity index (χ4v) is 3.87. The largest absolute Gasteiger partial charge is 0.375 e. The maximum Gasteiger partial charge on any atom is 0.137 e. The second-order valence-electron chi connectivity index (χ2n) is 7.93. The third-order valence-electron chi connectivity index (χ3n) is 5.50. The van der Waals surface area contributed by atoms with Gasteiger partial charge < -0.3 is 10.2 Å². The Bertz CT molecular complexity index is 582. The third kappa shape index (κ3) is 7.33. The van der Waals surface area contributed by atoms with Crippen LogP contribution in [0.4, 0.5) is 5.82 Å². The van der Waals surface area contributed by atoms with E-state index in [4.69, 9.17) is 16.6 Å². The standard InChI is InChI=1S/C18H27ClN4.C4H10/c1-13(2)23-10-6-7-14(12-23)18-21-16(19)11-17(22-18)20-15-8-4-3-5-9-15;1-3-4-2/h11,14-15H,1,3-10,12H2,2H3,(H,20,21,22);3-4H2,1-2H3. The zero-order valence-corrected chi connectivity index (χ0v) is 18.2. The van der Waals surface area contributed by atoms with Crippen molar-refractivity contribution in [3.05, 3.63) is 29.3 Å².